The minimum atomic E-state index is 1.23. The van der Waals surface area contributed by atoms with Gasteiger partial charge in [0.05, 0.1) is 0 Å². The smallest absolute Gasteiger partial charge is 0.00203 e. The molecule has 0 spiro atoms. The maximum absolute atomic E-state index is 2.32. The highest BCUT2D eigenvalue weighted by atomic mass is 14.2. The molecule has 0 saturated carbocycles. The summed E-state index contributed by atoms with van der Waals surface area (Å²) >= 11 is 0. The second kappa shape index (κ2) is 10.7. The van der Waals surface area contributed by atoms with E-state index in [0.29, 0.717) is 0 Å². The molecule has 0 heteroatoms. The average molecular weight is 607 g/mol. The van der Waals surface area contributed by atoms with Gasteiger partial charge in [-0.1, -0.05) is 176 Å². The molecule has 222 valence electrons. The molecule has 0 heterocycles. The third kappa shape index (κ3) is 4.24. The second-order valence-electron chi connectivity index (χ2n) is 12.9. The summed E-state index contributed by atoms with van der Waals surface area (Å²) in [5, 5.41) is 12.9. The lowest BCUT2D eigenvalue weighted by atomic mass is 9.87. The van der Waals surface area contributed by atoms with Gasteiger partial charge in [0.1, 0.15) is 0 Å². The zero-order valence-electron chi connectivity index (χ0n) is 26.3. The van der Waals surface area contributed by atoms with E-state index in [1.54, 1.807) is 0 Å². The normalized spacial score (nSPS) is 11.8. The van der Waals surface area contributed by atoms with Crippen molar-refractivity contribution in [2.24, 2.45) is 0 Å². The number of rotatable bonds is 4. The Kier molecular flexibility index (Phi) is 5.98. The van der Waals surface area contributed by atoms with Crippen molar-refractivity contribution in [1.29, 1.82) is 0 Å². The van der Waals surface area contributed by atoms with Crippen molar-refractivity contribution in [2.45, 2.75) is 0 Å². The Morgan fingerprint density at radius 2 is 0.646 bits per heavy atom. The highest BCUT2D eigenvalue weighted by Gasteiger charge is 2.15. The summed E-state index contributed by atoms with van der Waals surface area (Å²) in [5.74, 6) is 0. The first-order chi connectivity index (χ1) is 23.8. The summed E-state index contributed by atoms with van der Waals surface area (Å²) in [6, 6.07) is 67.1. The number of hydrogen-bond acceptors (Lipinski definition) is 0. The summed E-state index contributed by atoms with van der Waals surface area (Å²) < 4.78 is 0. The van der Waals surface area contributed by atoms with Crippen LogP contribution in [-0.4, -0.2) is 0 Å². The topological polar surface area (TPSA) is 0 Å². The predicted molar refractivity (Wildman–Crippen MR) is 207 cm³/mol. The molecule has 0 N–H and O–H groups in total. The molecule has 0 fully saturated rings. The monoisotopic (exact) mass is 606 g/mol. The van der Waals surface area contributed by atoms with Gasteiger partial charge in [-0.05, 0) is 104 Å². The SMILES string of the molecule is c1ccc2cc(-c3ccc(-c4ccc5ccc6c(-c7ccc(-c8cccc9ccccc89)cc7)ccc7ccc4c5c76)cc3)ccc2c1. The first-order valence-corrected chi connectivity index (χ1v) is 16.7. The van der Waals surface area contributed by atoms with Gasteiger partial charge in [0.25, 0.3) is 0 Å². The van der Waals surface area contributed by atoms with Crippen molar-refractivity contribution in [3.8, 4) is 44.5 Å². The van der Waals surface area contributed by atoms with Gasteiger partial charge in [-0.3, -0.25) is 0 Å². The van der Waals surface area contributed by atoms with Crippen molar-refractivity contribution in [3.63, 3.8) is 0 Å². The summed E-state index contributed by atoms with van der Waals surface area (Å²) in [4.78, 5) is 0. The molecule has 48 heavy (non-hydrogen) atoms. The molecule has 0 aliphatic rings. The Hall–Kier alpha value is -6.24. The first kappa shape index (κ1) is 26.9. The van der Waals surface area contributed by atoms with Crippen LogP contribution in [0.3, 0.4) is 0 Å². The van der Waals surface area contributed by atoms with E-state index < -0.39 is 0 Å². The Balaban J connectivity index is 1.06. The van der Waals surface area contributed by atoms with Crippen molar-refractivity contribution < 1.29 is 0 Å². The summed E-state index contributed by atoms with van der Waals surface area (Å²) in [6.07, 6.45) is 0. The average Bonchev–Trinajstić information content (AvgIpc) is 3.16. The fourth-order valence-corrected chi connectivity index (χ4v) is 7.82. The molecular formula is C48H30. The van der Waals surface area contributed by atoms with Gasteiger partial charge in [0, 0.05) is 0 Å². The van der Waals surface area contributed by atoms with Gasteiger partial charge in [0.15, 0.2) is 0 Å². The molecule has 0 aliphatic carbocycles. The Morgan fingerprint density at radius 1 is 0.208 bits per heavy atom. The zero-order valence-corrected chi connectivity index (χ0v) is 26.3. The van der Waals surface area contributed by atoms with Crippen LogP contribution in [0, 0.1) is 0 Å². The van der Waals surface area contributed by atoms with Crippen LogP contribution in [0.5, 0.6) is 0 Å². The van der Waals surface area contributed by atoms with E-state index >= 15 is 0 Å². The van der Waals surface area contributed by atoms with Gasteiger partial charge in [-0.25, -0.2) is 0 Å². The fraction of sp³-hybridized carbons (Fsp3) is 0. The minimum Gasteiger partial charge on any atom is -0.0616 e. The van der Waals surface area contributed by atoms with E-state index in [1.165, 1.54) is 98.4 Å². The zero-order chi connectivity index (χ0) is 31.6. The molecule has 0 amide bonds. The van der Waals surface area contributed by atoms with Crippen molar-refractivity contribution in [2.75, 3.05) is 0 Å². The Labute approximate surface area is 279 Å². The van der Waals surface area contributed by atoms with Crippen molar-refractivity contribution in [1.82, 2.24) is 0 Å². The van der Waals surface area contributed by atoms with Crippen LogP contribution in [0.4, 0.5) is 0 Å². The van der Waals surface area contributed by atoms with Crippen LogP contribution in [0.15, 0.2) is 182 Å². The highest BCUT2D eigenvalue weighted by Crippen LogP contribution is 2.43. The minimum absolute atomic E-state index is 1.23. The summed E-state index contributed by atoms with van der Waals surface area (Å²) in [7, 11) is 0. The standard InChI is InChI=1S/C48H30/c1-2-8-39-30-40(21-14-31(39)6-1)32-12-15-35(16-13-32)43-26-22-37-25-29-46-44(27-23-38-24-28-45(43)47(37)48(38)46)36-19-17-34(18-20-36)42-11-5-9-33-7-3-4-10-41(33)42/h1-30H. The lowest BCUT2D eigenvalue weighted by molar-refractivity contribution is 1.62. The molecule has 0 unspecified atom stereocenters. The predicted octanol–water partition coefficient (Wildman–Crippen LogP) is 13.6. The maximum atomic E-state index is 2.32. The van der Waals surface area contributed by atoms with E-state index in [2.05, 4.69) is 182 Å². The van der Waals surface area contributed by atoms with Gasteiger partial charge in [-0.15, -0.1) is 0 Å². The van der Waals surface area contributed by atoms with Crippen LogP contribution in [0.1, 0.15) is 0 Å². The quantitative estimate of drug-likeness (QED) is 0.175. The summed E-state index contributed by atoms with van der Waals surface area (Å²) in [5.41, 5.74) is 10.0. The molecule has 10 rings (SSSR count). The highest BCUT2D eigenvalue weighted by molar-refractivity contribution is 6.27. The number of fused-ring (bicyclic) bond motifs is 2. The van der Waals surface area contributed by atoms with E-state index in [9.17, 15) is 0 Å². The first-order valence-electron chi connectivity index (χ1n) is 16.7. The molecular weight excluding hydrogens is 577 g/mol. The van der Waals surface area contributed by atoms with Crippen LogP contribution in [-0.2, 0) is 0 Å². The number of benzene rings is 10. The number of hydrogen-bond donors (Lipinski definition) is 0. The van der Waals surface area contributed by atoms with E-state index in [4.69, 9.17) is 0 Å². The second-order valence-corrected chi connectivity index (χ2v) is 12.9. The lowest BCUT2D eigenvalue weighted by Crippen LogP contribution is -1.90. The molecule has 0 nitrogen and oxygen atoms in total. The lowest BCUT2D eigenvalue weighted by Gasteiger charge is -2.17. The maximum Gasteiger partial charge on any atom is -0.00203 e. The molecule has 0 saturated heterocycles. The van der Waals surface area contributed by atoms with Gasteiger partial charge >= 0.3 is 0 Å². The Morgan fingerprint density at radius 3 is 1.27 bits per heavy atom. The van der Waals surface area contributed by atoms with Crippen LogP contribution in [0.2, 0.25) is 0 Å². The largest absolute Gasteiger partial charge is 0.0616 e. The van der Waals surface area contributed by atoms with Gasteiger partial charge < -0.3 is 0 Å². The molecule has 0 aliphatic heterocycles. The van der Waals surface area contributed by atoms with Crippen LogP contribution < -0.4 is 0 Å². The van der Waals surface area contributed by atoms with Crippen molar-refractivity contribution >= 4 is 53.9 Å². The molecule has 0 aromatic heterocycles. The molecule has 0 bridgehead atoms. The third-order valence-electron chi connectivity index (χ3n) is 10.2. The molecule has 0 radical (unpaired) electrons. The Bertz CT molecular complexity index is 2800. The van der Waals surface area contributed by atoms with Crippen molar-refractivity contribution in [3.05, 3.63) is 182 Å². The molecule has 10 aromatic rings. The molecule has 10 aromatic carbocycles. The molecule has 0 atom stereocenters. The third-order valence-corrected chi connectivity index (χ3v) is 10.2. The van der Waals surface area contributed by atoms with E-state index in [-0.39, 0.29) is 0 Å². The summed E-state index contributed by atoms with van der Waals surface area (Å²) in [6.45, 7) is 0. The van der Waals surface area contributed by atoms with Gasteiger partial charge in [0.2, 0.25) is 0 Å². The van der Waals surface area contributed by atoms with Crippen LogP contribution >= 0.6 is 0 Å². The van der Waals surface area contributed by atoms with Crippen LogP contribution in [0.25, 0.3) is 98.4 Å². The van der Waals surface area contributed by atoms with Gasteiger partial charge in [-0.2, -0.15) is 0 Å². The fourth-order valence-electron chi connectivity index (χ4n) is 7.82. The van der Waals surface area contributed by atoms with E-state index in [1.807, 2.05) is 0 Å². The van der Waals surface area contributed by atoms with E-state index in [0.717, 1.165) is 0 Å².